The number of nitrogens with zero attached hydrogens (tertiary/aromatic N) is 2. The lowest BCUT2D eigenvalue weighted by Gasteiger charge is -2.38. The van der Waals surface area contributed by atoms with Gasteiger partial charge in [0.05, 0.1) is 6.04 Å². The second-order valence-corrected chi connectivity index (χ2v) is 5.29. The molecule has 1 aliphatic rings. The van der Waals surface area contributed by atoms with Gasteiger partial charge in [0.2, 0.25) is 5.91 Å². The summed E-state index contributed by atoms with van der Waals surface area (Å²) in [7, 11) is 0. The molecule has 1 atom stereocenters. The van der Waals surface area contributed by atoms with E-state index in [0.29, 0.717) is 11.6 Å². The van der Waals surface area contributed by atoms with Crippen molar-refractivity contribution in [1.29, 1.82) is 0 Å². The van der Waals surface area contributed by atoms with Crippen LogP contribution >= 0.6 is 11.6 Å². The number of rotatable bonds is 3. The summed E-state index contributed by atoms with van der Waals surface area (Å²) in [6.45, 7) is 9.91. The Balaban J connectivity index is 2.20. The fourth-order valence-electron chi connectivity index (χ4n) is 2.34. The van der Waals surface area contributed by atoms with Crippen LogP contribution in [-0.4, -0.2) is 36.5 Å². The zero-order valence-corrected chi connectivity index (χ0v) is 12.2. The highest BCUT2D eigenvalue weighted by molar-refractivity contribution is 6.31. The van der Waals surface area contributed by atoms with Crippen molar-refractivity contribution in [3.8, 4) is 0 Å². The highest BCUT2D eigenvalue weighted by atomic mass is 35.5. The molecule has 19 heavy (non-hydrogen) atoms. The fourth-order valence-corrected chi connectivity index (χ4v) is 2.51. The first kappa shape index (κ1) is 14.1. The Hall–Kier alpha value is -1.32. The molecular formula is C15H19ClN2O. The van der Waals surface area contributed by atoms with Crippen molar-refractivity contribution in [2.24, 2.45) is 0 Å². The number of amides is 1. The van der Waals surface area contributed by atoms with E-state index >= 15 is 0 Å². The molecule has 1 aliphatic heterocycles. The average molecular weight is 279 g/mol. The number of hydrogen-bond donors (Lipinski definition) is 0. The third-order valence-corrected chi connectivity index (χ3v) is 4.02. The number of benzene rings is 1. The van der Waals surface area contributed by atoms with Crippen molar-refractivity contribution in [3.63, 3.8) is 0 Å². The molecule has 1 aromatic rings. The van der Waals surface area contributed by atoms with Gasteiger partial charge in [-0.25, -0.2) is 0 Å². The van der Waals surface area contributed by atoms with E-state index < -0.39 is 0 Å². The molecule has 1 fully saturated rings. The fraction of sp³-hybridized carbons (Fsp3) is 0.400. The summed E-state index contributed by atoms with van der Waals surface area (Å²) < 4.78 is 0. The SMILES string of the molecule is C=CCN1CCN(c2ccc(C)c(Cl)c2)C(=O)[C@@H]1C. The maximum absolute atomic E-state index is 12.4. The Bertz CT molecular complexity index is 501. The molecule has 1 amide bonds. The van der Waals surface area contributed by atoms with Crippen LogP contribution in [0.4, 0.5) is 5.69 Å². The number of carbonyl (C=O) groups is 1. The van der Waals surface area contributed by atoms with E-state index in [0.717, 1.165) is 24.3 Å². The Morgan fingerprint density at radius 2 is 2.21 bits per heavy atom. The van der Waals surface area contributed by atoms with Gasteiger partial charge in [0, 0.05) is 30.3 Å². The predicted molar refractivity (Wildman–Crippen MR) is 79.8 cm³/mol. The molecule has 0 spiro atoms. The van der Waals surface area contributed by atoms with Gasteiger partial charge in [-0.3, -0.25) is 9.69 Å². The van der Waals surface area contributed by atoms with Gasteiger partial charge < -0.3 is 4.90 Å². The molecule has 1 saturated heterocycles. The van der Waals surface area contributed by atoms with Crippen LogP contribution in [0.3, 0.4) is 0 Å². The number of anilines is 1. The first-order chi connectivity index (χ1) is 9.04. The quantitative estimate of drug-likeness (QED) is 0.794. The van der Waals surface area contributed by atoms with Crippen molar-refractivity contribution in [2.45, 2.75) is 19.9 Å². The molecule has 0 bridgehead atoms. The van der Waals surface area contributed by atoms with E-state index in [1.165, 1.54) is 0 Å². The summed E-state index contributed by atoms with van der Waals surface area (Å²) in [6, 6.07) is 5.65. The summed E-state index contributed by atoms with van der Waals surface area (Å²) in [4.78, 5) is 16.4. The van der Waals surface area contributed by atoms with Crippen LogP contribution in [0.1, 0.15) is 12.5 Å². The highest BCUT2D eigenvalue weighted by Gasteiger charge is 2.31. The molecule has 0 aromatic heterocycles. The van der Waals surface area contributed by atoms with Crippen molar-refractivity contribution in [3.05, 3.63) is 41.4 Å². The summed E-state index contributed by atoms with van der Waals surface area (Å²) in [5.41, 5.74) is 1.90. The topological polar surface area (TPSA) is 23.6 Å². The molecule has 3 nitrogen and oxygen atoms in total. The van der Waals surface area contributed by atoms with Crippen molar-refractivity contribution in [2.75, 3.05) is 24.5 Å². The molecule has 102 valence electrons. The third-order valence-electron chi connectivity index (χ3n) is 3.61. The molecule has 0 radical (unpaired) electrons. The minimum atomic E-state index is -0.119. The van der Waals surface area contributed by atoms with Gasteiger partial charge in [0.15, 0.2) is 0 Å². The summed E-state index contributed by atoms with van der Waals surface area (Å²) in [5, 5.41) is 0.700. The largest absolute Gasteiger partial charge is 0.310 e. The van der Waals surface area contributed by atoms with E-state index in [-0.39, 0.29) is 11.9 Å². The van der Waals surface area contributed by atoms with Gasteiger partial charge in [-0.05, 0) is 31.5 Å². The third kappa shape index (κ3) is 2.82. The number of hydrogen-bond acceptors (Lipinski definition) is 2. The lowest BCUT2D eigenvalue weighted by atomic mass is 10.1. The van der Waals surface area contributed by atoms with Gasteiger partial charge in [-0.2, -0.15) is 0 Å². The van der Waals surface area contributed by atoms with Crippen molar-refractivity contribution < 1.29 is 4.79 Å². The van der Waals surface area contributed by atoms with E-state index in [1.54, 1.807) is 0 Å². The van der Waals surface area contributed by atoms with Crippen LogP contribution in [0.15, 0.2) is 30.9 Å². The minimum Gasteiger partial charge on any atom is -0.310 e. The molecule has 4 heteroatoms. The highest BCUT2D eigenvalue weighted by Crippen LogP contribution is 2.25. The lowest BCUT2D eigenvalue weighted by molar-refractivity contribution is -0.124. The molecule has 0 unspecified atom stereocenters. The van der Waals surface area contributed by atoms with Gasteiger partial charge >= 0.3 is 0 Å². The molecule has 0 N–H and O–H groups in total. The molecule has 2 rings (SSSR count). The Morgan fingerprint density at radius 3 is 2.84 bits per heavy atom. The Labute approximate surface area is 119 Å². The standard InChI is InChI=1S/C15H19ClN2O/c1-4-7-17-8-9-18(15(19)12(17)3)13-6-5-11(2)14(16)10-13/h4-6,10,12H,1,7-9H2,2-3H3/t12-/m0/s1. The second-order valence-electron chi connectivity index (χ2n) is 4.88. The Morgan fingerprint density at radius 1 is 1.47 bits per heavy atom. The normalized spacial score (nSPS) is 20.7. The van der Waals surface area contributed by atoms with Crippen LogP contribution in [0.5, 0.6) is 0 Å². The smallest absolute Gasteiger partial charge is 0.244 e. The molecular weight excluding hydrogens is 260 g/mol. The average Bonchev–Trinajstić information content (AvgIpc) is 2.39. The van der Waals surface area contributed by atoms with Crippen LogP contribution in [0.2, 0.25) is 5.02 Å². The number of halogens is 1. The van der Waals surface area contributed by atoms with E-state index in [9.17, 15) is 4.79 Å². The lowest BCUT2D eigenvalue weighted by Crippen LogP contribution is -2.55. The summed E-state index contributed by atoms with van der Waals surface area (Å²) >= 11 is 6.13. The Kier molecular flexibility index (Phi) is 4.27. The number of carbonyl (C=O) groups excluding carboxylic acids is 1. The van der Waals surface area contributed by atoms with Gasteiger partial charge in [0.25, 0.3) is 0 Å². The predicted octanol–water partition coefficient (Wildman–Crippen LogP) is 2.87. The molecule has 1 heterocycles. The second kappa shape index (κ2) is 5.76. The van der Waals surface area contributed by atoms with Crippen LogP contribution in [-0.2, 0) is 4.79 Å². The first-order valence-corrected chi connectivity index (χ1v) is 6.85. The molecule has 0 aliphatic carbocycles. The summed E-state index contributed by atoms with van der Waals surface area (Å²) in [5.74, 6) is 0.119. The molecule has 1 aromatic carbocycles. The summed E-state index contributed by atoms with van der Waals surface area (Å²) in [6.07, 6.45) is 1.84. The maximum Gasteiger partial charge on any atom is 0.244 e. The minimum absolute atomic E-state index is 0.119. The van der Waals surface area contributed by atoms with Crippen LogP contribution in [0.25, 0.3) is 0 Å². The van der Waals surface area contributed by atoms with Crippen molar-refractivity contribution >= 4 is 23.2 Å². The van der Waals surface area contributed by atoms with Crippen molar-refractivity contribution in [1.82, 2.24) is 4.90 Å². The van der Waals surface area contributed by atoms with E-state index in [4.69, 9.17) is 11.6 Å². The monoisotopic (exact) mass is 278 g/mol. The van der Waals surface area contributed by atoms with E-state index in [1.807, 2.05) is 43.0 Å². The number of aryl methyl sites for hydroxylation is 1. The molecule has 0 saturated carbocycles. The van der Waals surface area contributed by atoms with Gasteiger partial charge in [-0.15, -0.1) is 6.58 Å². The maximum atomic E-state index is 12.4. The van der Waals surface area contributed by atoms with Gasteiger partial charge in [0.1, 0.15) is 0 Å². The van der Waals surface area contributed by atoms with E-state index in [2.05, 4.69) is 11.5 Å². The van der Waals surface area contributed by atoms with Crippen LogP contribution < -0.4 is 4.90 Å². The zero-order chi connectivity index (χ0) is 14.0. The first-order valence-electron chi connectivity index (χ1n) is 6.47. The van der Waals surface area contributed by atoms with Gasteiger partial charge in [-0.1, -0.05) is 23.7 Å². The number of piperazine rings is 1. The van der Waals surface area contributed by atoms with Crippen LogP contribution in [0, 0.1) is 6.92 Å². The zero-order valence-electron chi connectivity index (χ0n) is 11.4.